The number of nitrogens with zero attached hydrogens (tertiary/aromatic N) is 3. The van der Waals surface area contributed by atoms with Crippen molar-refractivity contribution in [1.29, 1.82) is 0 Å². The van der Waals surface area contributed by atoms with E-state index >= 15 is 0 Å². The summed E-state index contributed by atoms with van der Waals surface area (Å²) in [5.74, 6) is -2.11. The highest BCUT2D eigenvalue weighted by molar-refractivity contribution is 5.94. The zero-order valence-corrected chi connectivity index (χ0v) is 9.51. The van der Waals surface area contributed by atoms with Crippen LogP contribution in [0.25, 0.3) is 0 Å². The third kappa shape index (κ3) is 2.15. The van der Waals surface area contributed by atoms with Crippen LogP contribution in [0.4, 0.5) is 4.39 Å². The minimum Gasteiger partial charge on any atom is -0.501 e. The van der Waals surface area contributed by atoms with Crippen LogP contribution in [0.1, 0.15) is 13.3 Å². The first-order valence-corrected chi connectivity index (χ1v) is 5.46. The molecule has 0 aromatic carbocycles. The normalized spacial score (nSPS) is 20.5. The lowest BCUT2D eigenvalue weighted by Crippen LogP contribution is -2.34. The Morgan fingerprint density at radius 2 is 2.29 bits per heavy atom. The van der Waals surface area contributed by atoms with Crippen LogP contribution < -0.4 is 0 Å². The standard InChI is InChI=1S/C11H14FN3O2/c1-8-9(12)10(16)11(17)15(8)5-2-4-14-6-3-13-7-14/h3,6-8,16H,2,4-5H2,1H3. The number of carbonyl (C=O) groups excluding carboxylic acids is 1. The first-order valence-electron chi connectivity index (χ1n) is 5.46. The number of amides is 1. The molecule has 5 nitrogen and oxygen atoms in total. The first kappa shape index (κ1) is 11.6. The van der Waals surface area contributed by atoms with Gasteiger partial charge in [0, 0.05) is 25.5 Å². The lowest BCUT2D eigenvalue weighted by Gasteiger charge is -2.21. The number of imidazole rings is 1. The van der Waals surface area contributed by atoms with E-state index in [1.807, 2.05) is 10.8 Å². The molecule has 1 unspecified atom stereocenters. The van der Waals surface area contributed by atoms with Gasteiger partial charge in [-0.25, -0.2) is 9.37 Å². The highest BCUT2D eigenvalue weighted by atomic mass is 19.1. The van der Waals surface area contributed by atoms with E-state index in [-0.39, 0.29) is 0 Å². The van der Waals surface area contributed by atoms with Crippen LogP contribution in [-0.4, -0.2) is 38.1 Å². The van der Waals surface area contributed by atoms with Gasteiger partial charge in [0.2, 0.25) is 5.76 Å². The fraction of sp³-hybridized carbons (Fsp3) is 0.455. The van der Waals surface area contributed by atoms with Crippen molar-refractivity contribution in [2.24, 2.45) is 0 Å². The monoisotopic (exact) mass is 239 g/mol. The fourth-order valence-corrected chi connectivity index (χ4v) is 1.89. The Bertz CT molecular complexity index is 442. The summed E-state index contributed by atoms with van der Waals surface area (Å²) in [5.41, 5.74) is 0. The van der Waals surface area contributed by atoms with Crippen molar-refractivity contribution in [1.82, 2.24) is 14.5 Å². The molecule has 1 amide bonds. The molecule has 1 aliphatic heterocycles. The smallest absolute Gasteiger partial charge is 0.292 e. The molecule has 0 bridgehead atoms. The molecule has 1 aromatic rings. The van der Waals surface area contributed by atoms with Gasteiger partial charge >= 0.3 is 0 Å². The number of halogens is 1. The molecule has 0 saturated heterocycles. The van der Waals surface area contributed by atoms with Gasteiger partial charge in [0.25, 0.3) is 5.91 Å². The molecule has 1 N–H and O–H groups in total. The molecule has 1 aromatic heterocycles. The van der Waals surface area contributed by atoms with Crippen molar-refractivity contribution in [3.63, 3.8) is 0 Å². The maximum absolute atomic E-state index is 13.3. The summed E-state index contributed by atoms with van der Waals surface area (Å²) in [6.07, 6.45) is 5.88. The molecule has 0 radical (unpaired) electrons. The quantitative estimate of drug-likeness (QED) is 0.860. The van der Waals surface area contributed by atoms with Crippen LogP contribution in [0, 0.1) is 0 Å². The Kier molecular flexibility index (Phi) is 3.12. The molecule has 92 valence electrons. The van der Waals surface area contributed by atoms with E-state index in [9.17, 15) is 14.3 Å². The van der Waals surface area contributed by atoms with E-state index in [1.165, 1.54) is 4.90 Å². The van der Waals surface area contributed by atoms with E-state index < -0.39 is 23.5 Å². The number of hydrogen-bond donors (Lipinski definition) is 1. The first-order chi connectivity index (χ1) is 8.11. The second kappa shape index (κ2) is 4.57. The van der Waals surface area contributed by atoms with Gasteiger partial charge in [0.15, 0.2) is 5.83 Å². The maximum Gasteiger partial charge on any atom is 0.292 e. The van der Waals surface area contributed by atoms with Crippen molar-refractivity contribution < 1.29 is 14.3 Å². The SMILES string of the molecule is CC1C(F)=C(O)C(=O)N1CCCn1ccnc1. The van der Waals surface area contributed by atoms with E-state index in [4.69, 9.17) is 0 Å². The summed E-state index contributed by atoms with van der Waals surface area (Å²) < 4.78 is 15.1. The van der Waals surface area contributed by atoms with E-state index in [1.54, 1.807) is 19.4 Å². The number of hydrogen-bond acceptors (Lipinski definition) is 3. The molecule has 1 aliphatic rings. The van der Waals surface area contributed by atoms with Crippen molar-refractivity contribution in [3.8, 4) is 0 Å². The van der Waals surface area contributed by atoms with Gasteiger partial charge in [0.1, 0.15) is 0 Å². The van der Waals surface area contributed by atoms with Gasteiger partial charge in [-0.05, 0) is 13.3 Å². The Morgan fingerprint density at radius 1 is 1.53 bits per heavy atom. The molecule has 0 spiro atoms. The second-order valence-corrected chi connectivity index (χ2v) is 4.03. The number of aromatic nitrogens is 2. The molecule has 2 rings (SSSR count). The minimum atomic E-state index is -0.750. The van der Waals surface area contributed by atoms with Gasteiger partial charge < -0.3 is 14.6 Å². The number of aryl methyl sites for hydroxylation is 1. The van der Waals surface area contributed by atoms with Gasteiger partial charge in [0.05, 0.1) is 12.4 Å². The number of rotatable bonds is 4. The van der Waals surface area contributed by atoms with Crippen molar-refractivity contribution in [2.75, 3.05) is 6.54 Å². The number of carbonyl (C=O) groups is 1. The van der Waals surface area contributed by atoms with E-state index in [2.05, 4.69) is 4.98 Å². The third-order valence-electron chi connectivity index (χ3n) is 2.90. The van der Waals surface area contributed by atoms with Gasteiger partial charge in [-0.2, -0.15) is 0 Å². The molecule has 2 heterocycles. The largest absolute Gasteiger partial charge is 0.501 e. The van der Waals surface area contributed by atoms with Crippen LogP contribution >= 0.6 is 0 Å². The summed E-state index contributed by atoms with van der Waals surface area (Å²) in [6, 6.07) is -0.662. The van der Waals surface area contributed by atoms with Gasteiger partial charge in [-0.3, -0.25) is 4.79 Å². The van der Waals surface area contributed by atoms with Gasteiger partial charge in [-0.15, -0.1) is 0 Å². The minimum absolute atomic E-state index is 0.412. The zero-order valence-electron chi connectivity index (χ0n) is 9.51. The average molecular weight is 239 g/mol. The predicted octanol–water partition coefficient (Wildman–Crippen LogP) is 1.24. The van der Waals surface area contributed by atoms with Crippen LogP contribution in [0.3, 0.4) is 0 Å². The Labute approximate surface area is 98.2 Å². The summed E-state index contributed by atoms with van der Waals surface area (Å²) in [6.45, 7) is 2.68. The lowest BCUT2D eigenvalue weighted by atomic mass is 10.3. The summed E-state index contributed by atoms with van der Waals surface area (Å²) in [7, 11) is 0. The van der Waals surface area contributed by atoms with Gasteiger partial charge in [-0.1, -0.05) is 0 Å². The third-order valence-corrected chi connectivity index (χ3v) is 2.90. The summed E-state index contributed by atoms with van der Waals surface area (Å²) >= 11 is 0. The molecule has 0 saturated carbocycles. The zero-order chi connectivity index (χ0) is 12.4. The van der Waals surface area contributed by atoms with Crippen molar-refractivity contribution >= 4 is 5.91 Å². The molecule has 0 fully saturated rings. The molecule has 1 atom stereocenters. The van der Waals surface area contributed by atoms with Crippen LogP contribution in [0.2, 0.25) is 0 Å². The second-order valence-electron chi connectivity index (χ2n) is 4.03. The highest BCUT2D eigenvalue weighted by Crippen LogP contribution is 2.25. The fourth-order valence-electron chi connectivity index (χ4n) is 1.89. The highest BCUT2D eigenvalue weighted by Gasteiger charge is 2.36. The van der Waals surface area contributed by atoms with E-state index in [0.717, 1.165) is 0 Å². The Morgan fingerprint density at radius 3 is 2.82 bits per heavy atom. The Balaban J connectivity index is 1.87. The number of aliphatic hydroxyl groups excluding tert-OH is 1. The summed E-state index contributed by atoms with van der Waals surface area (Å²) in [5, 5.41) is 9.19. The molecule has 17 heavy (non-hydrogen) atoms. The molecular formula is C11H14FN3O2. The van der Waals surface area contributed by atoms with Crippen molar-refractivity contribution in [3.05, 3.63) is 30.3 Å². The van der Waals surface area contributed by atoms with Crippen LogP contribution in [0.15, 0.2) is 30.3 Å². The van der Waals surface area contributed by atoms with Crippen molar-refractivity contribution in [2.45, 2.75) is 25.9 Å². The Hall–Kier alpha value is -1.85. The molecule has 6 heteroatoms. The maximum atomic E-state index is 13.3. The topological polar surface area (TPSA) is 58.4 Å². The van der Waals surface area contributed by atoms with Crippen LogP contribution in [-0.2, 0) is 11.3 Å². The lowest BCUT2D eigenvalue weighted by molar-refractivity contribution is -0.129. The van der Waals surface area contributed by atoms with Crippen LogP contribution in [0.5, 0.6) is 0 Å². The van der Waals surface area contributed by atoms with E-state index in [0.29, 0.717) is 19.5 Å². The number of aliphatic hydroxyl groups is 1. The molecular weight excluding hydrogens is 225 g/mol. The molecule has 0 aliphatic carbocycles. The average Bonchev–Trinajstić information content (AvgIpc) is 2.89. The predicted molar refractivity (Wildman–Crippen MR) is 58.8 cm³/mol. The summed E-state index contributed by atoms with van der Waals surface area (Å²) in [4.78, 5) is 16.7.